The summed E-state index contributed by atoms with van der Waals surface area (Å²) in [6, 6.07) is 9.81. The molecule has 32 heavy (non-hydrogen) atoms. The van der Waals surface area contributed by atoms with Gasteiger partial charge in [0, 0.05) is 42.2 Å². The first-order valence-corrected chi connectivity index (χ1v) is 10.3. The molecule has 1 aliphatic rings. The third kappa shape index (κ3) is 4.41. The number of rotatable bonds is 5. The Kier molecular flexibility index (Phi) is 5.81. The van der Waals surface area contributed by atoms with Crippen LogP contribution < -0.4 is 10.5 Å². The molecule has 3 aromatic rings. The molecule has 0 spiro atoms. The molecule has 1 fully saturated rings. The number of carbonyl (C=O) groups excluding carboxylic acids is 1. The van der Waals surface area contributed by atoms with Crippen LogP contribution in [0, 0.1) is 16.0 Å². The van der Waals surface area contributed by atoms with Crippen LogP contribution in [-0.4, -0.2) is 29.1 Å². The van der Waals surface area contributed by atoms with E-state index in [1.54, 1.807) is 12.1 Å². The predicted octanol–water partition coefficient (Wildman–Crippen LogP) is 4.00. The minimum absolute atomic E-state index is 0.0513. The zero-order chi connectivity index (χ0) is 22.8. The molecule has 0 unspecified atom stereocenters. The zero-order valence-corrected chi connectivity index (χ0v) is 17.4. The summed E-state index contributed by atoms with van der Waals surface area (Å²) in [6.45, 7) is 3.34. The largest absolute Gasteiger partial charge is 0.508 e. The van der Waals surface area contributed by atoms with Crippen LogP contribution >= 0.6 is 0 Å². The molecule has 2 heterocycles. The van der Waals surface area contributed by atoms with Crippen molar-refractivity contribution in [1.82, 2.24) is 0 Å². The topological polar surface area (TPSA) is 123 Å². The van der Waals surface area contributed by atoms with Crippen molar-refractivity contribution in [3.8, 4) is 5.75 Å². The third-order valence-corrected chi connectivity index (χ3v) is 5.58. The van der Waals surface area contributed by atoms with Gasteiger partial charge < -0.3 is 19.2 Å². The molecule has 4 rings (SSSR count). The van der Waals surface area contributed by atoms with Crippen LogP contribution in [0.3, 0.4) is 0 Å². The Hall–Kier alpha value is -3.88. The molecular weight excluding hydrogens is 416 g/mol. The number of nitro benzene ring substituents is 1. The van der Waals surface area contributed by atoms with E-state index in [0.29, 0.717) is 22.6 Å². The van der Waals surface area contributed by atoms with Gasteiger partial charge >= 0.3 is 11.6 Å². The van der Waals surface area contributed by atoms with E-state index < -0.39 is 16.5 Å². The summed E-state index contributed by atoms with van der Waals surface area (Å²) in [7, 11) is 0. The molecule has 1 aliphatic heterocycles. The van der Waals surface area contributed by atoms with E-state index in [1.165, 1.54) is 30.3 Å². The van der Waals surface area contributed by atoms with Gasteiger partial charge in [-0.15, -0.1) is 0 Å². The highest BCUT2D eigenvalue weighted by molar-refractivity contribution is 5.91. The Balaban J connectivity index is 1.56. The van der Waals surface area contributed by atoms with Gasteiger partial charge in [-0.25, -0.2) is 9.59 Å². The lowest BCUT2D eigenvalue weighted by atomic mass is 9.99. The number of fused-ring (bicyclic) bond motifs is 1. The predicted molar refractivity (Wildman–Crippen MR) is 117 cm³/mol. The van der Waals surface area contributed by atoms with E-state index in [0.717, 1.165) is 25.9 Å². The summed E-state index contributed by atoms with van der Waals surface area (Å²) in [5.74, 6) is -0.370. The molecular formula is C23H22N2O7. The van der Waals surface area contributed by atoms with Crippen molar-refractivity contribution < 1.29 is 24.0 Å². The van der Waals surface area contributed by atoms with Gasteiger partial charge in [0.25, 0.3) is 5.69 Å². The van der Waals surface area contributed by atoms with Crippen LogP contribution in [0.25, 0.3) is 11.0 Å². The highest BCUT2D eigenvalue weighted by atomic mass is 16.6. The third-order valence-electron chi connectivity index (χ3n) is 5.58. The van der Waals surface area contributed by atoms with Crippen molar-refractivity contribution in [2.75, 3.05) is 18.0 Å². The standard InChI is InChI=1S/C23H22N2O7/c1-14-3-2-8-24(12-14)19-7-4-15(9-20(19)25(29)30)23(28)31-13-16-10-22(27)32-21-11-17(26)5-6-18(16)21/h4-7,9-11,14,26H,2-3,8,12-13H2,1H3/t14-/m1/s1. The number of esters is 1. The minimum Gasteiger partial charge on any atom is -0.508 e. The molecule has 1 aromatic heterocycles. The molecule has 9 nitrogen and oxygen atoms in total. The van der Waals surface area contributed by atoms with E-state index in [4.69, 9.17) is 9.15 Å². The van der Waals surface area contributed by atoms with Crippen molar-refractivity contribution in [2.24, 2.45) is 5.92 Å². The lowest BCUT2D eigenvalue weighted by molar-refractivity contribution is -0.384. The van der Waals surface area contributed by atoms with Gasteiger partial charge in [-0.2, -0.15) is 0 Å². The summed E-state index contributed by atoms with van der Waals surface area (Å²) in [6.07, 6.45) is 2.04. The van der Waals surface area contributed by atoms with E-state index in [-0.39, 0.29) is 29.2 Å². The number of aromatic hydroxyl groups is 1. The highest BCUT2D eigenvalue weighted by Gasteiger charge is 2.25. The summed E-state index contributed by atoms with van der Waals surface area (Å²) in [4.78, 5) is 37.6. The maximum absolute atomic E-state index is 12.6. The van der Waals surface area contributed by atoms with Crippen LogP contribution in [0.2, 0.25) is 0 Å². The number of carbonyl (C=O) groups is 1. The lowest BCUT2D eigenvalue weighted by Gasteiger charge is -2.32. The number of piperidine rings is 1. The number of nitrogens with zero attached hydrogens (tertiary/aromatic N) is 2. The molecule has 0 radical (unpaired) electrons. The van der Waals surface area contributed by atoms with Gasteiger partial charge in [-0.3, -0.25) is 10.1 Å². The van der Waals surface area contributed by atoms with E-state index >= 15 is 0 Å². The number of hydrogen-bond donors (Lipinski definition) is 1. The summed E-state index contributed by atoms with van der Waals surface area (Å²) in [5.41, 5.74) is 0.317. The second-order valence-corrected chi connectivity index (χ2v) is 8.00. The second kappa shape index (κ2) is 8.70. The molecule has 9 heteroatoms. The first-order valence-electron chi connectivity index (χ1n) is 10.3. The molecule has 0 saturated carbocycles. The summed E-state index contributed by atoms with van der Waals surface area (Å²) < 4.78 is 10.4. The maximum Gasteiger partial charge on any atom is 0.338 e. The van der Waals surface area contributed by atoms with Crippen molar-refractivity contribution in [3.63, 3.8) is 0 Å². The molecule has 0 aliphatic carbocycles. The average molecular weight is 438 g/mol. The van der Waals surface area contributed by atoms with E-state index in [9.17, 15) is 24.8 Å². The first-order chi connectivity index (χ1) is 15.3. The fraction of sp³-hybridized carbons (Fsp3) is 0.304. The number of benzene rings is 2. The Bertz CT molecular complexity index is 1250. The summed E-state index contributed by atoms with van der Waals surface area (Å²) >= 11 is 0. The first kappa shape index (κ1) is 21.4. The number of phenols is 1. The average Bonchev–Trinajstić information content (AvgIpc) is 2.76. The van der Waals surface area contributed by atoms with Gasteiger partial charge in [-0.1, -0.05) is 6.92 Å². The molecule has 2 aromatic carbocycles. The Labute approximate surface area is 183 Å². The molecule has 0 amide bonds. The van der Waals surface area contributed by atoms with Crippen LogP contribution in [0.4, 0.5) is 11.4 Å². The van der Waals surface area contributed by atoms with Gasteiger partial charge in [0.2, 0.25) is 0 Å². The van der Waals surface area contributed by atoms with Gasteiger partial charge in [0.1, 0.15) is 23.6 Å². The monoisotopic (exact) mass is 438 g/mol. The molecule has 1 N–H and O–H groups in total. The fourth-order valence-corrected chi connectivity index (χ4v) is 4.04. The SMILES string of the molecule is C[C@@H]1CCCN(c2ccc(C(=O)OCc3cc(=O)oc4cc(O)ccc34)cc2[N+](=O)[O-])C1. The van der Waals surface area contributed by atoms with Gasteiger partial charge in [0.15, 0.2) is 0 Å². The normalized spacial score (nSPS) is 16.2. The van der Waals surface area contributed by atoms with E-state index in [1.807, 2.05) is 4.90 Å². The van der Waals surface area contributed by atoms with Crippen molar-refractivity contribution in [1.29, 1.82) is 0 Å². The van der Waals surface area contributed by atoms with Crippen molar-refractivity contribution >= 4 is 28.3 Å². The fourth-order valence-electron chi connectivity index (χ4n) is 4.04. The minimum atomic E-state index is -0.744. The second-order valence-electron chi connectivity index (χ2n) is 8.00. The van der Waals surface area contributed by atoms with Crippen molar-refractivity contribution in [3.05, 3.63) is 74.1 Å². The van der Waals surface area contributed by atoms with E-state index in [2.05, 4.69) is 6.92 Å². The van der Waals surface area contributed by atoms with Crippen LogP contribution in [0.1, 0.15) is 35.7 Å². The molecule has 166 valence electrons. The number of ether oxygens (including phenoxy) is 1. The van der Waals surface area contributed by atoms with Crippen LogP contribution in [-0.2, 0) is 11.3 Å². The maximum atomic E-state index is 12.6. The number of phenolic OH excluding ortho intramolecular Hbond substituents is 1. The van der Waals surface area contributed by atoms with Gasteiger partial charge in [0.05, 0.1) is 10.5 Å². The van der Waals surface area contributed by atoms with Crippen LogP contribution in [0.5, 0.6) is 5.75 Å². The van der Waals surface area contributed by atoms with Gasteiger partial charge in [-0.05, 0) is 43.0 Å². The Morgan fingerprint density at radius 2 is 2.09 bits per heavy atom. The molecule has 1 saturated heterocycles. The highest BCUT2D eigenvalue weighted by Crippen LogP contribution is 2.33. The van der Waals surface area contributed by atoms with Crippen LogP contribution in [0.15, 0.2) is 51.7 Å². The quantitative estimate of drug-likeness (QED) is 0.274. The Morgan fingerprint density at radius 3 is 2.84 bits per heavy atom. The zero-order valence-electron chi connectivity index (χ0n) is 17.4. The molecule has 0 bridgehead atoms. The lowest BCUT2D eigenvalue weighted by Crippen LogP contribution is -2.34. The number of hydrogen-bond acceptors (Lipinski definition) is 8. The van der Waals surface area contributed by atoms with Crippen molar-refractivity contribution in [2.45, 2.75) is 26.4 Å². The Morgan fingerprint density at radius 1 is 1.28 bits per heavy atom. The smallest absolute Gasteiger partial charge is 0.338 e. The number of nitro groups is 1. The summed E-state index contributed by atoms with van der Waals surface area (Å²) in [5, 5.41) is 21.8. The number of anilines is 1. The molecule has 1 atom stereocenters.